The van der Waals surface area contributed by atoms with Crippen LogP contribution in [-0.4, -0.2) is 0 Å². The molecule has 0 bridgehead atoms. The lowest BCUT2D eigenvalue weighted by Crippen LogP contribution is -2.18. The minimum Gasteiger partial charge on any atom is -0.306 e. The van der Waals surface area contributed by atoms with E-state index in [4.69, 9.17) is 34.8 Å². The summed E-state index contributed by atoms with van der Waals surface area (Å²) in [5.74, 6) is 0. The normalized spacial score (nSPS) is 12.2. The molecule has 0 aromatic heterocycles. The zero-order valence-corrected chi connectivity index (χ0v) is 16.0. The van der Waals surface area contributed by atoms with E-state index in [0.29, 0.717) is 15.1 Å². The summed E-state index contributed by atoms with van der Waals surface area (Å²) in [4.78, 5) is 0. The van der Waals surface area contributed by atoms with Gasteiger partial charge in [0.05, 0.1) is 0 Å². The van der Waals surface area contributed by atoms with Crippen molar-refractivity contribution in [3.05, 3.63) is 92.9 Å². The molecule has 0 aliphatic rings. The van der Waals surface area contributed by atoms with Crippen LogP contribution < -0.4 is 5.32 Å². The van der Waals surface area contributed by atoms with Crippen LogP contribution in [0.25, 0.3) is 11.1 Å². The average molecular weight is 391 g/mol. The van der Waals surface area contributed by atoms with Crippen molar-refractivity contribution < 1.29 is 0 Å². The Morgan fingerprint density at radius 2 is 1.36 bits per heavy atom. The van der Waals surface area contributed by atoms with Crippen molar-refractivity contribution in [1.82, 2.24) is 5.32 Å². The summed E-state index contributed by atoms with van der Waals surface area (Å²) in [5, 5.41) is 5.17. The molecule has 0 aliphatic heterocycles. The van der Waals surface area contributed by atoms with Crippen LogP contribution in [0.15, 0.2) is 66.7 Å². The number of rotatable bonds is 5. The molecule has 128 valence electrons. The first kappa shape index (κ1) is 18.3. The van der Waals surface area contributed by atoms with Crippen molar-refractivity contribution in [2.45, 2.75) is 19.5 Å². The molecule has 1 N–H and O–H groups in total. The van der Waals surface area contributed by atoms with Gasteiger partial charge in [-0.2, -0.15) is 0 Å². The lowest BCUT2D eigenvalue weighted by atomic mass is 10.0. The summed E-state index contributed by atoms with van der Waals surface area (Å²) >= 11 is 18.6. The van der Waals surface area contributed by atoms with Gasteiger partial charge in [-0.15, -0.1) is 0 Å². The molecule has 1 unspecified atom stereocenters. The summed E-state index contributed by atoms with van der Waals surface area (Å²) in [6, 6.07) is 22.3. The van der Waals surface area contributed by atoms with Gasteiger partial charge in [-0.25, -0.2) is 0 Å². The number of nitrogens with one attached hydrogen (secondary N) is 1. The van der Waals surface area contributed by atoms with Gasteiger partial charge >= 0.3 is 0 Å². The van der Waals surface area contributed by atoms with E-state index in [1.54, 1.807) is 12.1 Å². The first-order valence-corrected chi connectivity index (χ1v) is 9.20. The van der Waals surface area contributed by atoms with E-state index in [-0.39, 0.29) is 6.04 Å². The van der Waals surface area contributed by atoms with Gasteiger partial charge in [0, 0.05) is 33.2 Å². The molecular weight excluding hydrogens is 373 g/mol. The van der Waals surface area contributed by atoms with Crippen molar-refractivity contribution in [2.75, 3.05) is 0 Å². The van der Waals surface area contributed by atoms with Crippen molar-refractivity contribution in [1.29, 1.82) is 0 Å². The van der Waals surface area contributed by atoms with Gasteiger partial charge in [-0.1, -0.05) is 89.4 Å². The zero-order valence-electron chi connectivity index (χ0n) is 13.8. The number of benzene rings is 3. The van der Waals surface area contributed by atoms with Crippen LogP contribution in [0.4, 0.5) is 0 Å². The van der Waals surface area contributed by atoms with Gasteiger partial charge in [0.2, 0.25) is 0 Å². The second kappa shape index (κ2) is 8.25. The lowest BCUT2D eigenvalue weighted by molar-refractivity contribution is 0.575. The summed E-state index contributed by atoms with van der Waals surface area (Å²) in [6.45, 7) is 2.77. The van der Waals surface area contributed by atoms with E-state index in [1.165, 1.54) is 16.7 Å². The Morgan fingerprint density at radius 1 is 0.800 bits per heavy atom. The maximum Gasteiger partial charge on any atom is 0.0483 e. The molecule has 3 rings (SSSR count). The Bertz CT molecular complexity index is 822. The highest BCUT2D eigenvalue weighted by atomic mass is 35.5. The van der Waals surface area contributed by atoms with Crippen molar-refractivity contribution >= 4 is 34.8 Å². The molecule has 3 aromatic carbocycles. The molecule has 3 aromatic rings. The Balaban J connectivity index is 1.68. The quantitative estimate of drug-likeness (QED) is 0.487. The SMILES string of the molecule is CC(NCc1ccc(-c2ccccc2)cc1)c1c(Cl)cc(Cl)cc1Cl. The predicted molar refractivity (Wildman–Crippen MR) is 109 cm³/mol. The maximum absolute atomic E-state index is 6.29. The second-order valence-electron chi connectivity index (χ2n) is 5.95. The highest BCUT2D eigenvalue weighted by Crippen LogP contribution is 2.33. The molecule has 0 fully saturated rings. The summed E-state index contributed by atoms with van der Waals surface area (Å²) in [7, 11) is 0. The highest BCUT2D eigenvalue weighted by Gasteiger charge is 2.14. The Hall–Kier alpha value is -1.51. The molecule has 0 heterocycles. The number of hydrogen-bond acceptors (Lipinski definition) is 1. The van der Waals surface area contributed by atoms with Crippen molar-refractivity contribution in [3.63, 3.8) is 0 Å². The summed E-state index contributed by atoms with van der Waals surface area (Å²) < 4.78 is 0. The van der Waals surface area contributed by atoms with Gasteiger partial charge in [0.1, 0.15) is 0 Å². The monoisotopic (exact) mass is 389 g/mol. The van der Waals surface area contributed by atoms with Crippen LogP contribution in [0.2, 0.25) is 15.1 Å². The fourth-order valence-electron chi connectivity index (χ4n) is 2.79. The Kier molecular flexibility index (Phi) is 6.03. The smallest absolute Gasteiger partial charge is 0.0483 e. The van der Waals surface area contributed by atoms with E-state index in [9.17, 15) is 0 Å². The predicted octanol–water partition coefficient (Wildman–Crippen LogP) is 7.16. The minimum absolute atomic E-state index is 0.0195. The third kappa shape index (κ3) is 4.56. The first-order valence-electron chi connectivity index (χ1n) is 8.07. The molecule has 25 heavy (non-hydrogen) atoms. The van der Waals surface area contributed by atoms with Gasteiger partial charge in [0.25, 0.3) is 0 Å². The van der Waals surface area contributed by atoms with Crippen LogP contribution >= 0.6 is 34.8 Å². The van der Waals surface area contributed by atoms with Gasteiger partial charge in [-0.05, 0) is 35.7 Å². The van der Waals surface area contributed by atoms with E-state index in [0.717, 1.165) is 12.1 Å². The molecule has 0 saturated carbocycles. The Labute approximate surface area is 163 Å². The molecule has 4 heteroatoms. The second-order valence-corrected chi connectivity index (χ2v) is 7.20. The molecular formula is C21H18Cl3N. The number of halogens is 3. The average Bonchev–Trinajstić information content (AvgIpc) is 2.60. The molecule has 0 spiro atoms. The largest absolute Gasteiger partial charge is 0.306 e. The molecule has 0 radical (unpaired) electrons. The summed E-state index contributed by atoms with van der Waals surface area (Å²) in [6.07, 6.45) is 0. The third-order valence-electron chi connectivity index (χ3n) is 4.15. The van der Waals surface area contributed by atoms with Crippen LogP contribution in [0.1, 0.15) is 24.1 Å². The van der Waals surface area contributed by atoms with Gasteiger partial charge in [-0.3, -0.25) is 0 Å². The van der Waals surface area contributed by atoms with Crippen LogP contribution in [-0.2, 0) is 6.54 Å². The molecule has 0 aliphatic carbocycles. The van der Waals surface area contributed by atoms with E-state index >= 15 is 0 Å². The van der Waals surface area contributed by atoms with Gasteiger partial charge < -0.3 is 5.32 Å². The summed E-state index contributed by atoms with van der Waals surface area (Å²) in [5.41, 5.74) is 4.50. The van der Waals surface area contributed by atoms with Crippen LogP contribution in [0, 0.1) is 0 Å². The van der Waals surface area contributed by atoms with Crippen LogP contribution in [0.5, 0.6) is 0 Å². The fraction of sp³-hybridized carbons (Fsp3) is 0.143. The molecule has 0 saturated heterocycles. The van der Waals surface area contributed by atoms with Crippen molar-refractivity contribution in [2.24, 2.45) is 0 Å². The standard InChI is InChI=1S/C21H18Cl3N/c1-14(21-19(23)11-18(22)12-20(21)24)25-13-15-7-9-17(10-8-15)16-5-3-2-4-6-16/h2-12,14,25H,13H2,1H3. The minimum atomic E-state index is 0.0195. The number of hydrogen-bond donors (Lipinski definition) is 1. The topological polar surface area (TPSA) is 12.0 Å². The highest BCUT2D eigenvalue weighted by molar-refractivity contribution is 6.39. The fourth-order valence-corrected chi connectivity index (χ4v) is 3.93. The molecule has 1 nitrogen and oxygen atoms in total. The molecule has 0 amide bonds. The van der Waals surface area contributed by atoms with Crippen LogP contribution in [0.3, 0.4) is 0 Å². The van der Waals surface area contributed by atoms with E-state index in [2.05, 4.69) is 41.7 Å². The van der Waals surface area contributed by atoms with E-state index < -0.39 is 0 Å². The third-order valence-corrected chi connectivity index (χ3v) is 4.99. The zero-order chi connectivity index (χ0) is 17.8. The van der Waals surface area contributed by atoms with Gasteiger partial charge in [0.15, 0.2) is 0 Å². The molecule has 1 atom stereocenters. The first-order chi connectivity index (χ1) is 12.0. The lowest BCUT2D eigenvalue weighted by Gasteiger charge is -2.18. The Morgan fingerprint density at radius 3 is 1.96 bits per heavy atom. The maximum atomic E-state index is 6.29. The van der Waals surface area contributed by atoms with Crippen molar-refractivity contribution in [3.8, 4) is 11.1 Å². The van der Waals surface area contributed by atoms with E-state index in [1.807, 2.05) is 25.1 Å².